The summed E-state index contributed by atoms with van der Waals surface area (Å²) in [6.07, 6.45) is 0.870. The first kappa shape index (κ1) is 19.7. The van der Waals surface area contributed by atoms with Gasteiger partial charge in [0.15, 0.2) is 0 Å². The van der Waals surface area contributed by atoms with Crippen molar-refractivity contribution in [1.82, 2.24) is 0 Å². The van der Waals surface area contributed by atoms with Gasteiger partial charge in [0.25, 0.3) is 0 Å². The van der Waals surface area contributed by atoms with E-state index in [4.69, 9.17) is 14.0 Å². The van der Waals surface area contributed by atoms with E-state index in [1.807, 2.05) is 36.4 Å². The fraction of sp³-hybridized carbons (Fsp3) is 0.409. The van der Waals surface area contributed by atoms with Gasteiger partial charge in [-0.05, 0) is 29.2 Å². The van der Waals surface area contributed by atoms with Crippen LogP contribution in [0.5, 0.6) is 5.75 Å². The van der Waals surface area contributed by atoms with E-state index >= 15 is 0 Å². The molecule has 3 rings (SSSR count). The molecule has 2 aromatic carbocycles. The molecule has 0 radical (unpaired) electrons. The maximum atomic E-state index is 11.7. The van der Waals surface area contributed by atoms with E-state index < -0.39 is 7.12 Å². The second kappa shape index (κ2) is 8.28. The molecule has 0 saturated carbocycles. The van der Waals surface area contributed by atoms with Crippen LogP contribution in [-0.4, -0.2) is 26.6 Å². The van der Waals surface area contributed by atoms with Crippen LogP contribution in [0.15, 0.2) is 42.5 Å². The lowest BCUT2D eigenvalue weighted by Gasteiger charge is -2.34. The Balaban J connectivity index is 1.94. The second-order valence-corrected chi connectivity index (χ2v) is 8.15. The van der Waals surface area contributed by atoms with Crippen molar-refractivity contribution in [1.29, 1.82) is 0 Å². The predicted molar refractivity (Wildman–Crippen MR) is 108 cm³/mol. The molecule has 0 bridgehead atoms. The van der Waals surface area contributed by atoms with E-state index in [2.05, 4.69) is 27.7 Å². The predicted octanol–water partition coefficient (Wildman–Crippen LogP) is 3.97. The number of hydrogen-bond donors (Lipinski definition) is 0. The molecule has 1 saturated heterocycles. The van der Waals surface area contributed by atoms with Crippen molar-refractivity contribution in [3.8, 4) is 5.75 Å². The molecule has 1 aliphatic heterocycles. The van der Waals surface area contributed by atoms with Crippen LogP contribution in [0.1, 0.15) is 55.1 Å². The van der Waals surface area contributed by atoms with E-state index in [-0.39, 0.29) is 11.3 Å². The van der Waals surface area contributed by atoms with Crippen LogP contribution < -0.4 is 10.2 Å². The first-order valence-electron chi connectivity index (χ1n) is 9.43. The third-order valence-electron chi connectivity index (χ3n) is 4.71. The minimum Gasteiger partial charge on any atom is -0.489 e. The Labute approximate surface area is 162 Å². The maximum Gasteiger partial charge on any atom is 0.495 e. The van der Waals surface area contributed by atoms with Gasteiger partial charge in [-0.2, -0.15) is 0 Å². The fourth-order valence-electron chi connectivity index (χ4n) is 3.31. The topological polar surface area (TPSA) is 44.8 Å². The molecule has 0 atom stereocenters. The molecule has 5 heteroatoms. The number of carbonyl (C=O) groups excluding carboxylic acids is 1. The molecule has 0 N–H and O–H groups in total. The summed E-state index contributed by atoms with van der Waals surface area (Å²) >= 11 is 0. The highest BCUT2D eigenvalue weighted by molar-refractivity contribution is 6.63. The lowest BCUT2D eigenvalue weighted by molar-refractivity contribution is 0.0341. The molecule has 1 fully saturated rings. The van der Waals surface area contributed by atoms with Crippen LogP contribution in [0.3, 0.4) is 0 Å². The molecule has 142 valence electrons. The second-order valence-electron chi connectivity index (χ2n) is 8.15. The van der Waals surface area contributed by atoms with Gasteiger partial charge in [0, 0.05) is 29.7 Å². The van der Waals surface area contributed by atoms with Crippen LogP contribution in [0.25, 0.3) is 0 Å². The largest absolute Gasteiger partial charge is 0.495 e. The summed E-state index contributed by atoms with van der Waals surface area (Å²) in [5, 5.41) is 0. The third kappa shape index (κ3) is 4.60. The van der Waals surface area contributed by atoms with Crippen LogP contribution in [0, 0.1) is 5.41 Å². The summed E-state index contributed by atoms with van der Waals surface area (Å²) < 4.78 is 18.1. The standard InChI is InChI=1S/C22H27BO4/c1-16(2)20-19(25-13-17-8-6-5-7-9-17)11-10-18(12-24)21(20)23-26-14-22(3,4)15-27-23/h5-12,16H,13-15H2,1-4H3. The molecule has 0 amide bonds. The van der Waals surface area contributed by atoms with E-state index in [1.54, 1.807) is 6.07 Å². The summed E-state index contributed by atoms with van der Waals surface area (Å²) in [6.45, 7) is 10.0. The molecule has 0 spiro atoms. The van der Waals surface area contributed by atoms with Crippen molar-refractivity contribution in [2.24, 2.45) is 5.41 Å². The van der Waals surface area contributed by atoms with E-state index in [1.165, 1.54) is 0 Å². The highest BCUT2D eigenvalue weighted by Gasteiger charge is 2.37. The first-order chi connectivity index (χ1) is 12.9. The molecule has 1 aliphatic rings. The summed E-state index contributed by atoms with van der Waals surface area (Å²) in [7, 11) is -0.545. The summed E-state index contributed by atoms with van der Waals surface area (Å²) in [4.78, 5) is 11.7. The summed E-state index contributed by atoms with van der Waals surface area (Å²) in [5.41, 5.74) is 3.42. The van der Waals surface area contributed by atoms with Gasteiger partial charge in [-0.3, -0.25) is 4.79 Å². The van der Waals surface area contributed by atoms with Crippen molar-refractivity contribution < 1.29 is 18.8 Å². The number of rotatable bonds is 6. The van der Waals surface area contributed by atoms with Crippen molar-refractivity contribution in [3.05, 3.63) is 59.2 Å². The molecular formula is C22H27BO4. The summed E-state index contributed by atoms with van der Waals surface area (Å²) in [5.74, 6) is 0.930. The highest BCUT2D eigenvalue weighted by atomic mass is 16.6. The van der Waals surface area contributed by atoms with Gasteiger partial charge in [-0.1, -0.05) is 58.0 Å². The first-order valence-corrected chi connectivity index (χ1v) is 9.43. The monoisotopic (exact) mass is 366 g/mol. The molecule has 0 aromatic heterocycles. The van der Waals surface area contributed by atoms with Gasteiger partial charge in [-0.15, -0.1) is 0 Å². The average Bonchev–Trinajstić information content (AvgIpc) is 2.66. The minimum absolute atomic E-state index is 0.0305. The van der Waals surface area contributed by atoms with Gasteiger partial charge >= 0.3 is 7.12 Å². The Morgan fingerprint density at radius 1 is 1.11 bits per heavy atom. The average molecular weight is 366 g/mol. The van der Waals surface area contributed by atoms with Crippen molar-refractivity contribution >= 4 is 18.9 Å². The Morgan fingerprint density at radius 3 is 2.37 bits per heavy atom. The molecule has 1 heterocycles. The maximum absolute atomic E-state index is 11.7. The normalized spacial score (nSPS) is 16.4. The quantitative estimate of drug-likeness (QED) is 0.573. The Morgan fingerprint density at radius 2 is 1.78 bits per heavy atom. The molecule has 27 heavy (non-hydrogen) atoms. The van der Waals surface area contributed by atoms with Crippen molar-refractivity contribution in [2.75, 3.05) is 13.2 Å². The molecule has 0 unspecified atom stereocenters. The van der Waals surface area contributed by atoms with Gasteiger partial charge in [0.1, 0.15) is 18.6 Å². The zero-order chi connectivity index (χ0) is 19.4. The van der Waals surface area contributed by atoms with Gasteiger partial charge in [-0.25, -0.2) is 0 Å². The number of ether oxygens (including phenoxy) is 1. The number of carbonyl (C=O) groups is 1. The summed E-state index contributed by atoms with van der Waals surface area (Å²) in [6, 6.07) is 13.7. The van der Waals surface area contributed by atoms with E-state index in [0.29, 0.717) is 25.4 Å². The van der Waals surface area contributed by atoms with Crippen LogP contribution in [0.4, 0.5) is 0 Å². The fourth-order valence-corrected chi connectivity index (χ4v) is 3.31. The Hall–Kier alpha value is -2.11. The molecule has 0 aliphatic carbocycles. The van der Waals surface area contributed by atoms with E-state index in [9.17, 15) is 4.79 Å². The Kier molecular flexibility index (Phi) is 6.03. The zero-order valence-corrected chi connectivity index (χ0v) is 16.5. The van der Waals surface area contributed by atoms with Crippen LogP contribution in [0.2, 0.25) is 0 Å². The zero-order valence-electron chi connectivity index (χ0n) is 16.5. The molecule has 2 aromatic rings. The molecular weight excluding hydrogens is 339 g/mol. The third-order valence-corrected chi connectivity index (χ3v) is 4.71. The van der Waals surface area contributed by atoms with Crippen molar-refractivity contribution in [3.63, 3.8) is 0 Å². The lowest BCUT2D eigenvalue weighted by atomic mass is 9.69. The van der Waals surface area contributed by atoms with Crippen molar-refractivity contribution in [2.45, 2.75) is 40.2 Å². The van der Waals surface area contributed by atoms with Gasteiger partial charge < -0.3 is 14.0 Å². The number of benzene rings is 2. The SMILES string of the molecule is CC(C)c1c(OCc2ccccc2)ccc(C=O)c1B1OCC(C)(C)CO1. The van der Waals surface area contributed by atoms with Crippen LogP contribution >= 0.6 is 0 Å². The van der Waals surface area contributed by atoms with E-state index in [0.717, 1.165) is 28.6 Å². The number of hydrogen-bond acceptors (Lipinski definition) is 4. The number of aldehydes is 1. The molecule has 4 nitrogen and oxygen atoms in total. The van der Waals surface area contributed by atoms with Gasteiger partial charge in [0.05, 0.1) is 0 Å². The smallest absolute Gasteiger partial charge is 0.489 e. The van der Waals surface area contributed by atoms with Crippen LogP contribution in [-0.2, 0) is 15.9 Å². The van der Waals surface area contributed by atoms with Gasteiger partial charge in [0.2, 0.25) is 0 Å². The highest BCUT2D eigenvalue weighted by Crippen LogP contribution is 2.29. The Bertz CT molecular complexity index is 776. The minimum atomic E-state index is -0.545. The lowest BCUT2D eigenvalue weighted by Crippen LogP contribution is -2.50.